The zero-order valence-corrected chi connectivity index (χ0v) is 14.6. The number of hydrogen-bond acceptors (Lipinski definition) is 8. The van der Waals surface area contributed by atoms with Crippen LogP contribution in [0.5, 0.6) is 0 Å². The van der Waals surface area contributed by atoms with E-state index in [0.29, 0.717) is 0 Å². The molecule has 4 rings (SSSR count). The summed E-state index contributed by atoms with van der Waals surface area (Å²) in [7, 11) is -4.72. The van der Waals surface area contributed by atoms with E-state index in [1.807, 2.05) is 0 Å². The standard InChI is InChI=1S/C15H22O9S/c1-6-8(18)10(19)14(4-16)12(9(6)25(20,21)22)24-11-7(17)3-13(14,2)15(11)5-23-15/h6-7,9-12,16-17,19H,3-5H2,1-2H3,(H,20,21,22)/t6-,7-,9?,10+,11-,12-,13-,14+,15?/m1/s1. The minimum atomic E-state index is -4.72. The van der Waals surface area contributed by atoms with Crippen LogP contribution in [0, 0.1) is 16.7 Å². The van der Waals surface area contributed by atoms with E-state index in [-0.39, 0.29) is 13.0 Å². The highest BCUT2D eigenvalue weighted by molar-refractivity contribution is 7.86. The fourth-order valence-corrected chi connectivity index (χ4v) is 7.05. The van der Waals surface area contributed by atoms with Gasteiger partial charge in [0, 0.05) is 11.3 Å². The van der Waals surface area contributed by atoms with Crippen LogP contribution in [0.3, 0.4) is 0 Å². The normalized spacial score (nSPS) is 57.6. The van der Waals surface area contributed by atoms with Gasteiger partial charge in [0.1, 0.15) is 23.1 Å². The second kappa shape index (κ2) is 4.80. The van der Waals surface area contributed by atoms with Gasteiger partial charge in [-0.25, -0.2) is 0 Å². The molecule has 25 heavy (non-hydrogen) atoms. The number of aliphatic hydroxyl groups is 3. The molecule has 1 spiro atoms. The molecule has 0 aromatic heterocycles. The van der Waals surface area contributed by atoms with Crippen LogP contribution in [-0.4, -0.2) is 82.6 Å². The van der Waals surface area contributed by atoms with E-state index in [4.69, 9.17) is 9.47 Å². The molecule has 4 fully saturated rings. The van der Waals surface area contributed by atoms with Crippen molar-refractivity contribution in [1.82, 2.24) is 0 Å². The molecule has 2 aliphatic heterocycles. The topological polar surface area (TPSA) is 154 Å². The van der Waals surface area contributed by atoms with Crippen LogP contribution in [0.2, 0.25) is 0 Å². The number of ketones is 1. The van der Waals surface area contributed by atoms with E-state index in [0.717, 1.165) is 0 Å². The van der Waals surface area contributed by atoms with Crippen molar-refractivity contribution >= 4 is 15.9 Å². The Morgan fingerprint density at radius 3 is 2.36 bits per heavy atom. The second-order valence-corrected chi connectivity index (χ2v) is 9.60. The largest absolute Gasteiger partial charge is 0.396 e. The first-order chi connectivity index (χ1) is 11.5. The summed E-state index contributed by atoms with van der Waals surface area (Å²) in [6.45, 7) is 2.44. The molecule has 2 aliphatic carbocycles. The fourth-order valence-electron chi connectivity index (χ4n) is 5.78. The van der Waals surface area contributed by atoms with Crippen molar-refractivity contribution in [3.63, 3.8) is 0 Å². The Kier molecular flexibility index (Phi) is 3.41. The maximum atomic E-state index is 12.6. The van der Waals surface area contributed by atoms with Gasteiger partial charge in [0.15, 0.2) is 5.78 Å². The molecule has 2 saturated heterocycles. The number of aliphatic hydroxyl groups excluding tert-OH is 3. The van der Waals surface area contributed by atoms with Gasteiger partial charge in [0.05, 0.1) is 30.8 Å². The third-order valence-corrected chi connectivity index (χ3v) is 8.59. The SMILES string of the molecule is C[C@@H]1C(=O)[C@H](O)[C@@]2(CO)[C@H](O[C@@H]3[C@H](O)C[C@@]2(C)C32CO2)C1S(=O)(=O)O. The first-order valence-electron chi connectivity index (χ1n) is 8.24. The maximum absolute atomic E-state index is 12.6. The van der Waals surface area contributed by atoms with E-state index in [2.05, 4.69) is 0 Å². The summed E-state index contributed by atoms with van der Waals surface area (Å²) in [5.41, 5.74) is -3.79. The molecule has 4 N–H and O–H groups in total. The Morgan fingerprint density at radius 1 is 1.28 bits per heavy atom. The summed E-state index contributed by atoms with van der Waals surface area (Å²) in [5.74, 6) is -2.00. The summed E-state index contributed by atoms with van der Waals surface area (Å²) >= 11 is 0. The van der Waals surface area contributed by atoms with Gasteiger partial charge >= 0.3 is 0 Å². The number of carbonyl (C=O) groups excluding carboxylic acids is 1. The summed E-state index contributed by atoms with van der Waals surface area (Å²) < 4.78 is 45.2. The number of carbonyl (C=O) groups is 1. The predicted molar refractivity (Wildman–Crippen MR) is 81.1 cm³/mol. The molecule has 2 unspecified atom stereocenters. The molecule has 2 saturated carbocycles. The molecule has 0 aromatic carbocycles. The number of fused-ring (bicyclic) bond motifs is 2. The van der Waals surface area contributed by atoms with Gasteiger partial charge in [-0.15, -0.1) is 0 Å². The minimum absolute atomic E-state index is 0.0750. The van der Waals surface area contributed by atoms with Gasteiger partial charge in [-0.05, 0) is 6.42 Å². The van der Waals surface area contributed by atoms with Crippen LogP contribution >= 0.6 is 0 Å². The van der Waals surface area contributed by atoms with Gasteiger partial charge in [0.25, 0.3) is 10.1 Å². The average molecular weight is 378 g/mol. The number of epoxide rings is 1. The van der Waals surface area contributed by atoms with Crippen molar-refractivity contribution in [2.24, 2.45) is 16.7 Å². The predicted octanol–water partition coefficient (Wildman–Crippen LogP) is -1.89. The quantitative estimate of drug-likeness (QED) is 0.319. The van der Waals surface area contributed by atoms with Crippen LogP contribution < -0.4 is 0 Å². The van der Waals surface area contributed by atoms with Gasteiger partial charge in [0.2, 0.25) is 0 Å². The summed E-state index contributed by atoms with van der Waals surface area (Å²) in [6, 6.07) is 0. The lowest BCUT2D eigenvalue weighted by Gasteiger charge is -2.61. The third-order valence-electron chi connectivity index (χ3n) is 7.25. The Hall–Kier alpha value is -0.620. The van der Waals surface area contributed by atoms with E-state index in [9.17, 15) is 33.1 Å². The summed E-state index contributed by atoms with van der Waals surface area (Å²) in [6.07, 6.45) is -4.82. The lowest BCUT2D eigenvalue weighted by atomic mass is 9.49. The molecule has 142 valence electrons. The second-order valence-electron chi connectivity index (χ2n) is 8.03. The van der Waals surface area contributed by atoms with Crippen LogP contribution in [0.25, 0.3) is 0 Å². The first-order valence-corrected chi connectivity index (χ1v) is 9.75. The molecule has 0 aromatic rings. The van der Waals surface area contributed by atoms with Crippen molar-refractivity contribution in [2.45, 2.75) is 55.5 Å². The molecule has 9 atom stereocenters. The van der Waals surface area contributed by atoms with Gasteiger partial charge in [-0.1, -0.05) is 13.8 Å². The van der Waals surface area contributed by atoms with Gasteiger partial charge < -0.3 is 24.8 Å². The van der Waals surface area contributed by atoms with Crippen molar-refractivity contribution < 1.29 is 42.6 Å². The number of hydrogen-bond donors (Lipinski definition) is 4. The molecule has 0 amide bonds. The lowest BCUT2D eigenvalue weighted by Crippen LogP contribution is -2.76. The average Bonchev–Trinajstić information content (AvgIpc) is 3.27. The number of rotatable bonds is 2. The zero-order valence-electron chi connectivity index (χ0n) is 13.8. The molecule has 9 nitrogen and oxygen atoms in total. The Morgan fingerprint density at radius 2 is 1.88 bits per heavy atom. The van der Waals surface area contributed by atoms with Crippen LogP contribution in [0.4, 0.5) is 0 Å². The fraction of sp³-hybridized carbons (Fsp3) is 0.933. The van der Waals surface area contributed by atoms with Gasteiger partial charge in [-0.2, -0.15) is 8.42 Å². The Balaban J connectivity index is 1.97. The van der Waals surface area contributed by atoms with Crippen LogP contribution in [-0.2, 0) is 24.4 Å². The Labute approximate surface area is 144 Å². The minimum Gasteiger partial charge on any atom is -0.396 e. The summed E-state index contributed by atoms with van der Waals surface area (Å²) in [4.78, 5) is 12.6. The number of Topliss-reactive ketones (excluding diaryl/α,β-unsaturated/α-hetero) is 1. The molecular weight excluding hydrogens is 356 g/mol. The molecule has 2 bridgehead atoms. The van der Waals surface area contributed by atoms with E-state index < -0.39 is 74.5 Å². The molecule has 10 heteroatoms. The van der Waals surface area contributed by atoms with Crippen LogP contribution in [0.1, 0.15) is 20.3 Å². The van der Waals surface area contributed by atoms with E-state index >= 15 is 0 Å². The Bertz CT molecular complexity index is 731. The van der Waals surface area contributed by atoms with Crippen molar-refractivity contribution in [3.05, 3.63) is 0 Å². The molecule has 4 aliphatic rings. The molecule has 0 radical (unpaired) electrons. The summed E-state index contributed by atoms with van der Waals surface area (Å²) in [5, 5.41) is 29.9. The highest BCUT2D eigenvalue weighted by Crippen LogP contribution is 2.71. The highest BCUT2D eigenvalue weighted by Gasteiger charge is 2.85. The highest BCUT2D eigenvalue weighted by atomic mass is 32.2. The monoisotopic (exact) mass is 378 g/mol. The van der Waals surface area contributed by atoms with E-state index in [1.165, 1.54) is 6.92 Å². The third kappa shape index (κ3) is 1.74. The van der Waals surface area contributed by atoms with Crippen molar-refractivity contribution in [2.75, 3.05) is 13.2 Å². The molecular formula is C15H22O9S. The van der Waals surface area contributed by atoms with Crippen molar-refractivity contribution in [1.29, 1.82) is 0 Å². The van der Waals surface area contributed by atoms with E-state index in [1.54, 1.807) is 6.92 Å². The van der Waals surface area contributed by atoms with Gasteiger partial charge in [-0.3, -0.25) is 9.35 Å². The zero-order chi connectivity index (χ0) is 18.6. The first kappa shape index (κ1) is 17.8. The van der Waals surface area contributed by atoms with Crippen LogP contribution in [0.15, 0.2) is 0 Å². The lowest BCUT2D eigenvalue weighted by molar-refractivity contribution is -0.267. The smallest absolute Gasteiger partial charge is 0.271 e. The maximum Gasteiger partial charge on any atom is 0.271 e. The molecule has 2 heterocycles. The van der Waals surface area contributed by atoms with Crippen molar-refractivity contribution in [3.8, 4) is 0 Å². The number of ether oxygens (including phenoxy) is 2.